The minimum Gasteiger partial charge on any atom is -0.481 e. The summed E-state index contributed by atoms with van der Waals surface area (Å²) in [6.45, 7) is 5.86. The fourth-order valence-electron chi connectivity index (χ4n) is 8.15. The van der Waals surface area contributed by atoms with Crippen LogP contribution in [0.1, 0.15) is 45.4 Å². The second-order valence-electron chi connectivity index (χ2n) is 9.60. The average Bonchev–Trinajstić information content (AvgIpc) is 2.99. The van der Waals surface area contributed by atoms with Gasteiger partial charge in [0, 0.05) is 11.3 Å². The zero-order valence-corrected chi connectivity index (χ0v) is 15.0. The van der Waals surface area contributed by atoms with Gasteiger partial charge in [0.2, 0.25) is 6.29 Å². The molecule has 0 aromatic rings. The van der Waals surface area contributed by atoms with Crippen molar-refractivity contribution in [1.29, 1.82) is 0 Å². The lowest BCUT2D eigenvalue weighted by molar-refractivity contribution is -0.286. The minimum atomic E-state index is -1.29. The topological polar surface area (TPSA) is 104 Å². The quantitative estimate of drug-likeness (QED) is 0.484. The summed E-state index contributed by atoms with van der Waals surface area (Å²) in [4.78, 5) is 25.3. The normalized spacial score (nSPS) is 57.3. The first-order valence-corrected chi connectivity index (χ1v) is 9.67. The van der Waals surface area contributed by atoms with Gasteiger partial charge < -0.3 is 20.1 Å². The van der Waals surface area contributed by atoms with Crippen LogP contribution in [-0.4, -0.2) is 39.7 Å². The van der Waals surface area contributed by atoms with Crippen molar-refractivity contribution in [2.75, 3.05) is 0 Å². The Morgan fingerprint density at radius 1 is 1.27 bits per heavy atom. The largest absolute Gasteiger partial charge is 0.481 e. The Bertz CT molecular complexity index is 732. The third-order valence-electron chi connectivity index (χ3n) is 9.01. The number of carbonyl (C=O) groups is 2. The number of carboxylic acids is 1. The highest BCUT2D eigenvalue weighted by Gasteiger charge is 2.82. The first kappa shape index (κ1) is 16.8. The molecule has 5 fully saturated rings. The molecule has 1 spiro atoms. The number of esters is 1. The van der Waals surface area contributed by atoms with Crippen LogP contribution < -0.4 is 0 Å². The zero-order chi connectivity index (χ0) is 18.6. The predicted molar refractivity (Wildman–Crippen MR) is 89.5 cm³/mol. The van der Waals surface area contributed by atoms with E-state index in [9.17, 15) is 24.9 Å². The van der Waals surface area contributed by atoms with Gasteiger partial charge in [0.1, 0.15) is 0 Å². The lowest BCUT2D eigenvalue weighted by Crippen LogP contribution is -2.66. The van der Waals surface area contributed by atoms with Crippen LogP contribution in [0.2, 0.25) is 0 Å². The Morgan fingerprint density at radius 2 is 2.00 bits per heavy atom. The van der Waals surface area contributed by atoms with Gasteiger partial charge in [-0.3, -0.25) is 9.59 Å². The predicted octanol–water partition coefficient (Wildman–Crippen LogP) is 1.70. The van der Waals surface area contributed by atoms with Gasteiger partial charge in [0.05, 0.1) is 17.4 Å². The number of hydrogen-bond donors (Lipinski definition) is 3. The standard InChI is InChI=1S/C20H26O6/c1-9-7-19-8-10(9)3-4-11(19)20-6-5-12(21)18(2,16(24)26-17(20)25)14(20)13(19)15(22)23/h10-14,17,21,25H,1,3-8H2,2H3,(H,22,23). The van der Waals surface area contributed by atoms with Gasteiger partial charge in [0.25, 0.3) is 0 Å². The number of carboxylic acid groups (broad SMARTS) is 1. The van der Waals surface area contributed by atoms with E-state index < -0.39 is 52.4 Å². The summed E-state index contributed by atoms with van der Waals surface area (Å²) >= 11 is 0. The molecule has 4 saturated carbocycles. The summed E-state index contributed by atoms with van der Waals surface area (Å²) < 4.78 is 5.38. The molecule has 0 radical (unpaired) electrons. The number of cyclic esters (lactones) is 1. The monoisotopic (exact) mass is 362 g/mol. The number of rotatable bonds is 1. The summed E-state index contributed by atoms with van der Waals surface area (Å²) in [5, 5.41) is 32.0. The summed E-state index contributed by atoms with van der Waals surface area (Å²) in [6, 6.07) is 0. The number of hydrogen-bond acceptors (Lipinski definition) is 5. The van der Waals surface area contributed by atoms with Crippen molar-refractivity contribution in [3.63, 3.8) is 0 Å². The van der Waals surface area contributed by atoms with E-state index in [1.807, 2.05) is 0 Å². The second-order valence-corrected chi connectivity index (χ2v) is 9.60. The molecule has 6 nitrogen and oxygen atoms in total. The lowest BCUT2D eigenvalue weighted by Gasteiger charge is -2.58. The van der Waals surface area contributed by atoms with Crippen molar-refractivity contribution in [2.45, 2.75) is 57.8 Å². The molecule has 1 aliphatic heterocycles. The number of aliphatic hydroxyl groups is 2. The summed E-state index contributed by atoms with van der Waals surface area (Å²) in [7, 11) is 0. The van der Waals surface area contributed by atoms with Crippen LogP contribution in [0.5, 0.6) is 0 Å². The molecule has 4 aliphatic carbocycles. The van der Waals surface area contributed by atoms with Gasteiger partial charge in [-0.05, 0) is 62.7 Å². The van der Waals surface area contributed by atoms with Crippen molar-refractivity contribution in [3.05, 3.63) is 12.2 Å². The van der Waals surface area contributed by atoms with Crippen LogP contribution in [0.3, 0.4) is 0 Å². The first-order chi connectivity index (χ1) is 12.2. The van der Waals surface area contributed by atoms with Crippen molar-refractivity contribution < 1.29 is 29.6 Å². The van der Waals surface area contributed by atoms with E-state index in [0.29, 0.717) is 25.2 Å². The molecule has 5 rings (SSSR count). The second kappa shape index (κ2) is 4.71. The van der Waals surface area contributed by atoms with Crippen LogP contribution in [0.25, 0.3) is 0 Å². The Labute approximate surface area is 152 Å². The Morgan fingerprint density at radius 3 is 2.69 bits per heavy atom. The Hall–Kier alpha value is -1.40. The molecule has 1 heterocycles. The van der Waals surface area contributed by atoms with Crippen molar-refractivity contribution in [3.8, 4) is 0 Å². The number of aliphatic carboxylic acids is 1. The number of carbonyl (C=O) groups excluding carboxylic acids is 1. The van der Waals surface area contributed by atoms with Gasteiger partial charge in [0.15, 0.2) is 0 Å². The molecular formula is C20H26O6. The Kier molecular flexibility index (Phi) is 3.03. The highest BCUT2D eigenvalue weighted by atomic mass is 16.6. The van der Waals surface area contributed by atoms with E-state index in [4.69, 9.17) is 4.74 Å². The number of aliphatic hydroxyl groups excluding tert-OH is 2. The van der Waals surface area contributed by atoms with E-state index >= 15 is 0 Å². The fraction of sp³-hybridized carbons (Fsp3) is 0.800. The van der Waals surface area contributed by atoms with Crippen LogP contribution in [0.4, 0.5) is 0 Å². The van der Waals surface area contributed by atoms with Crippen molar-refractivity contribution in [1.82, 2.24) is 0 Å². The molecule has 3 N–H and O–H groups in total. The number of ether oxygens (including phenoxy) is 1. The maximum absolute atomic E-state index is 12.8. The van der Waals surface area contributed by atoms with E-state index in [0.717, 1.165) is 24.8 Å². The van der Waals surface area contributed by atoms with Crippen LogP contribution >= 0.6 is 0 Å². The number of allylic oxidation sites excluding steroid dienone is 1. The first-order valence-electron chi connectivity index (χ1n) is 9.67. The maximum Gasteiger partial charge on any atom is 0.317 e. The van der Waals surface area contributed by atoms with Crippen LogP contribution in [0.15, 0.2) is 12.2 Å². The molecule has 9 atom stereocenters. The van der Waals surface area contributed by atoms with Crippen LogP contribution in [0, 0.1) is 39.9 Å². The molecule has 1 saturated heterocycles. The molecule has 0 amide bonds. The third kappa shape index (κ3) is 1.51. The summed E-state index contributed by atoms with van der Waals surface area (Å²) in [5.41, 5.74) is -1.45. The molecule has 5 aliphatic rings. The van der Waals surface area contributed by atoms with Gasteiger partial charge in [-0.25, -0.2) is 0 Å². The third-order valence-corrected chi connectivity index (χ3v) is 9.01. The molecule has 142 valence electrons. The smallest absolute Gasteiger partial charge is 0.317 e. The highest BCUT2D eigenvalue weighted by Crippen LogP contribution is 2.79. The molecule has 0 aromatic carbocycles. The molecule has 9 unspecified atom stereocenters. The van der Waals surface area contributed by atoms with Gasteiger partial charge >= 0.3 is 11.9 Å². The maximum atomic E-state index is 12.8. The summed E-state index contributed by atoms with van der Waals surface area (Å²) in [6.07, 6.45) is 1.83. The van der Waals surface area contributed by atoms with Gasteiger partial charge in [-0.15, -0.1) is 0 Å². The highest BCUT2D eigenvalue weighted by molar-refractivity contribution is 5.83. The van der Waals surface area contributed by atoms with Crippen LogP contribution in [-0.2, 0) is 14.3 Å². The number of fused-ring (bicyclic) bond motifs is 1. The minimum absolute atomic E-state index is 0.0217. The SMILES string of the molecule is C=C1CC23CC1CCC2C12CCC(O)C(C)(C(=O)OC1O)C2C3C(=O)O. The van der Waals surface area contributed by atoms with Crippen molar-refractivity contribution >= 4 is 11.9 Å². The van der Waals surface area contributed by atoms with E-state index in [1.54, 1.807) is 6.92 Å². The van der Waals surface area contributed by atoms with E-state index in [-0.39, 0.29) is 5.92 Å². The molecule has 6 heteroatoms. The zero-order valence-electron chi connectivity index (χ0n) is 15.0. The lowest BCUT2D eigenvalue weighted by atomic mass is 9.49. The molecule has 26 heavy (non-hydrogen) atoms. The van der Waals surface area contributed by atoms with E-state index in [1.165, 1.54) is 0 Å². The molecule has 4 bridgehead atoms. The average molecular weight is 362 g/mol. The van der Waals surface area contributed by atoms with Gasteiger partial charge in [-0.2, -0.15) is 0 Å². The molecular weight excluding hydrogens is 336 g/mol. The molecule has 0 aromatic heterocycles. The van der Waals surface area contributed by atoms with E-state index in [2.05, 4.69) is 6.58 Å². The Balaban J connectivity index is 1.79. The summed E-state index contributed by atoms with van der Waals surface area (Å²) in [5.74, 6) is -2.64. The van der Waals surface area contributed by atoms with Crippen molar-refractivity contribution in [2.24, 2.45) is 39.9 Å². The fourth-order valence-corrected chi connectivity index (χ4v) is 8.15. The van der Waals surface area contributed by atoms with Gasteiger partial charge in [-0.1, -0.05) is 12.2 Å².